The van der Waals surface area contributed by atoms with Crippen LogP contribution in [0.25, 0.3) is 0 Å². The summed E-state index contributed by atoms with van der Waals surface area (Å²) in [6, 6.07) is 6.78. The summed E-state index contributed by atoms with van der Waals surface area (Å²) in [5, 5.41) is 10.6. The van der Waals surface area contributed by atoms with E-state index in [9.17, 15) is 10.1 Å². The van der Waals surface area contributed by atoms with E-state index in [0.29, 0.717) is 0 Å². The summed E-state index contributed by atoms with van der Waals surface area (Å²) in [6.07, 6.45) is 6.15. The van der Waals surface area contributed by atoms with Crippen LogP contribution in [0, 0.1) is 10.1 Å². The Labute approximate surface area is 115 Å². The molecule has 0 heterocycles. The molecule has 1 aromatic carbocycles. The minimum absolute atomic E-state index is 0.0994. The zero-order chi connectivity index (χ0) is 14.3. The van der Waals surface area contributed by atoms with E-state index < -0.39 is 0 Å². The van der Waals surface area contributed by atoms with Crippen molar-refractivity contribution in [1.82, 2.24) is 0 Å². The van der Waals surface area contributed by atoms with Gasteiger partial charge in [0.1, 0.15) is 0 Å². The molecule has 4 nitrogen and oxygen atoms in total. The zero-order valence-corrected chi connectivity index (χ0v) is 11.9. The van der Waals surface area contributed by atoms with E-state index in [1.807, 2.05) is 12.1 Å². The predicted octanol–water partition coefficient (Wildman–Crippen LogP) is 3.83. The highest BCUT2D eigenvalue weighted by atomic mass is 16.6. The van der Waals surface area contributed by atoms with E-state index in [1.165, 1.54) is 0 Å². The number of nitrogens with zero attached hydrogens (tertiary/aromatic N) is 1. The van der Waals surface area contributed by atoms with Crippen LogP contribution in [0.1, 0.15) is 51.5 Å². The van der Waals surface area contributed by atoms with Crippen LogP contribution in [0.15, 0.2) is 24.3 Å². The van der Waals surface area contributed by atoms with Crippen molar-refractivity contribution in [2.24, 2.45) is 5.73 Å². The van der Waals surface area contributed by atoms with Gasteiger partial charge in [-0.05, 0) is 31.2 Å². The molecule has 0 spiro atoms. The number of nitrogens with two attached hydrogens (primary N) is 1. The van der Waals surface area contributed by atoms with Crippen LogP contribution in [0.2, 0.25) is 0 Å². The number of nitro groups is 1. The first kappa shape index (κ1) is 15.6. The van der Waals surface area contributed by atoms with Crippen molar-refractivity contribution in [3.63, 3.8) is 0 Å². The van der Waals surface area contributed by atoms with Gasteiger partial charge in [0, 0.05) is 17.7 Å². The third-order valence-corrected chi connectivity index (χ3v) is 3.79. The molecule has 1 aromatic rings. The van der Waals surface area contributed by atoms with E-state index in [0.717, 1.165) is 44.1 Å². The number of rotatable bonds is 8. The number of benzene rings is 1. The average molecular weight is 264 g/mol. The Morgan fingerprint density at radius 3 is 2.32 bits per heavy atom. The monoisotopic (exact) mass is 264 g/mol. The molecule has 0 radical (unpaired) electrons. The molecule has 0 saturated heterocycles. The maximum atomic E-state index is 10.6. The molecule has 106 valence electrons. The van der Waals surface area contributed by atoms with Crippen molar-refractivity contribution in [3.05, 3.63) is 39.9 Å². The summed E-state index contributed by atoms with van der Waals surface area (Å²) in [4.78, 5) is 10.2. The van der Waals surface area contributed by atoms with Gasteiger partial charge in [-0.3, -0.25) is 10.1 Å². The fraction of sp³-hybridized carbons (Fsp3) is 0.600. The molecule has 1 rings (SSSR count). The van der Waals surface area contributed by atoms with E-state index in [4.69, 9.17) is 5.73 Å². The number of unbranched alkanes of at least 4 members (excludes halogenated alkanes) is 1. The first-order valence-electron chi connectivity index (χ1n) is 7.03. The summed E-state index contributed by atoms with van der Waals surface area (Å²) in [5.41, 5.74) is 7.56. The lowest BCUT2D eigenvalue weighted by molar-refractivity contribution is -0.384. The molecule has 0 aliphatic carbocycles. The average Bonchev–Trinajstić information content (AvgIpc) is 2.43. The molecule has 0 bridgehead atoms. The van der Waals surface area contributed by atoms with Crippen molar-refractivity contribution in [2.45, 2.75) is 57.9 Å². The standard InChI is InChI=1S/C15H24N2O2/c1-3-5-11-15(16,4-2)12-10-13-6-8-14(9-7-13)17(18)19/h6-9H,3-5,10-12,16H2,1-2H3. The Morgan fingerprint density at radius 1 is 1.21 bits per heavy atom. The first-order chi connectivity index (χ1) is 9.00. The molecule has 4 heteroatoms. The van der Waals surface area contributed by atoms with Crippen LogP contribution in [-0.4, -0.2) is 10.5 Å². The minimum atomic E-state index is -0.371. The maximum absolute atomic E-state index is 10.6. The smallest absolute Gasteiger partial charge is 0.269 e. The lowest BCUT2D eigenvalue weighted by Gasteiger charge is -2.28. The molecule has 2 N–H and O–H groups in total. The van der Waals surface area contributed by atoms with Crippen molar-refractivity contribution in [2.75, 3.05) is 0 Å². The molecule has 0 saturated carbocycles. The number of hydrogen-bond donors (Lipinski definition) is 1. The number of non-ortho nitro benzene ring substituents is 1. The first-order valence-corrected chi connectivity index (χ1v) is 7.03. The predicted molar refractivity (Wildman–Crippen MR) is 78.2 cm³/mol. The van der Waals surface area contributed by atoms with Gasteiger partial charge in [-0.2, -0.15) is 0 Å². The zero-order valence-electron chi connectivity index (χ0n) is 11.9. The van der Waals surface area contributed by atoms with Gasteiger partial charge in [0.05, 0.1) is 4.92 Å². The number of aryl methyl sites for hydroxylation is 1. The minimum Gasteiger partial charge on any atom is -0.325 e. The normalized spacial score (nSPS) is 14.1. The van der Waals surface area contributed by atoms with Crippen molar-refractivity contribution in [1.29, 1.82) is 0 Å². The van der Waals surface area contributed by atoms with Crippen LogP contribution in [0.4, 0.5) is 5.69 Å². The second-order valence-electron chi connectivity index (χ2n) is 5.24. The molecule has 0 aliphatic rings. The van der Waals surface area contributed by atoms with Gasteiger partial charge in [-0.25, -0.2) is 0 Å². The van der Waals surface area contributed by atoms with Crippen LogP contribution in [0.5, 0.6) is 0 Å². The van der Waals surface area contributed by atoms with Gasteiger partial charge in [0.15, 0.2) is 0 Å². The molecule has 0 amide bonds. The third kappa shape index (κ3) is 4.99. The molecule has 1 atom stereocenters. The summed E-state index contributed by atoms with van der Waals surface area (Å²) < 4.78 is 0. The largest absolute Gasteiger partial charge is 0.325 e. The Bertz CT molecular complexity index is 403. The van der Waals surface area contributed by atoms with E-state index in [2.05, 4.69) is 13.8 Å². The second-order valence-corrected chi connectivity index (χ2v) is 5.24. The maximum Gasteiger partial charge on any atom is 0.269 e. The summed E-state index contributed by atoms with van der Waals surface area (Å²) in [7, 11) is 0. The van der Waals surface area contributed by atoms with Crippen LogP contribution in [-0.2, 0) is 6.42 Å². The van der Waals surface area contributed by atoms with Gasteiger partial charge in [0.2, 0.25) is 0 Å². The Hall–Kier alpha value is -1.42. The fourth-order valence-electron chi connectivity index (χ4n) is 2.19. The molecule has 1 unspecified atom stereocenters. The second kappa shape index (κ2) is 7.24. The van der Waals surface area contributed by atoms with Gasteiger partial charge in [-0.15, -0.1) is 0 Å². The van der Waals surface area contributed by atoms with Crippen LogP contribution >= 0.6 is 0 Å². The van der Waals surface area contributed by atoms with Crippen molar-refractivity contribution in [3.8, 4) is 0 Å². The topological polar surface area (TPSA) is 69.2 Å². The molecular formula is C15H24N2O2. The van der Waals surface area contributed by atoms with E-state index >= 15 is 0 Å². The number of nitro benzene ring substituents is 1. The van der Waals surface area contributed by atoms with Gasteiger partial charge >= 0.3 is 0 Å². The van der Waals surface area contributed by atoms with Crippen LogP contribution in [0.3, 0.4) is 0 Å². The van der Waals surface area contributed by atoms with E-state index in [-0.39, 0.29) is 16.1 Å². The summed E-state index contributed by atoms with van der Waals surface area (Å²) >= 11 is 0. The summed E-state index contributed by atoms with van der Waals surface area (Å²) in [5.74, 6) is 0. The van der Waals surface area contributed by atoms with Gasteiger partial charge in [0.25, 0.3) is 5.69 Å². The van der Waals surface area contributed by atoms with Crippen molar-refractivity contribution < 1.29 is 4.92 Å². The lowest BCUT2D eigenvalue weighted by Crippen LogP contribution is -2.39. The SMILES string of the molecule is CCCCC(N)(CC)CCc1ccc([N+](=O)[O-])cc1. The van der Waals surface area contributed by atoms with Gasteiger partial charge in [-0.1, -0.05) is 38.8 Å². The molecule has 0 aliphatic heterocycles. The molecule has 19 heavy (non-hydrogen) atoms. The van der Waals surface area contributed by atoms with E-state index in [1.54, 1.807) is 12.1 Å². The fourth-order valence-corrected chi connectivity index (χ4v) is 2.19. The molecule has 0 aromatic heterocycles. The molecular weight excluding hydrogens is 240 g/mol. The summed E-state index contributed by atoms with van der Waals surface area (Å²) in [6.45, 7) is 4.30. The number of hydrogen-bond acceptors (Lipinski definition) is 3. The third-order valence-electron chi connectivity index (χ3n) is 3.79. The Balaban J connectivity index is 2.57. The highest BCUT2D eigenvalue weighted by Crippen LogP contribution is 2.22. The highest BCUT2D eigenvalue weighted by Gasteiger charge is 2.21. The molecule has 0 fully saturated rings. The van der Waals surface area contributed by atoms with Crippen molar-refractivity contribution >= 4 is 5.69 Å². The van der Waals surface area contributed by atoms with Gasteiger partial charge < -0.3 is 5.73 Å². The highest BCUT2D eigenvalue weighted by molar-refractivity contribution is 5.32. The van der Waals surface area contributed by atoms with Crippen LogP contribution < -0.4 is 5.73 Å². The quantitative estimate of drug-likeness (QED) is 0.573. The Morgan fingerprint density at radius 2 is 1.84 bits per heavy atom. The Kier molecular flexibility index (Phi) is 5.96. The lowest BCUT2D eigenvalue weighted by atomic mass is 9.85.